The Morgan fingerprint density at radius 1 is 1.00 bits per heavy atom. The molecule has 4 rings (SSSR count). The van der Waals surface area contributed by atoms with Crippen LogP contribution in [-0.4, -0.2) is 47.9 Å². The minimum absolute atomic E-state index is 0.00267. The summed E-state index contributed by atoms with van der Waals surface area (Å²) >= 11 is 0. The summed E-state index contributed by atoms with van der Waals surface area (Å²) in [5.74, 6) is 0.627. The van der Waals surface area contributed by atoms with Crippen molar-refractivity contribution in [1.29, 1.82) is 0 Å². The number of hydrogen-bond acceptors (Lipinski definition) is 4. The number of carbonyl (C=O) groups is 2. The molecule has 1 unspecified atom stereocenters. The zero-order valence-corrected chi connectivity index (χ0v) is 17.6. The number of aryl methyl sites for hydroxylation is 1. The number of amides is 2. The second-order valence-corrected chi connectivity index (χ2v) is 8.37. The van der Waals surface area contributed by atoms with Crippen LogP contribution in [0.3, 0.4) is 0 Å². The van der Waals surface area contributed by atoms with Crippen LogP contribution in [0.15, 0.2) is 42.6 Å². The standard InChI is InChI=1S/C24H30N4O2/c1-18-9-11-19(12-10-18)24(30)28-16-6-7-20(17-28)23(29)26-21-8-5-13-25-22(21)27-14-3-2-4-15-27/h5,8-13,20H,2-4,6-7,14-17H2,1H3,(H,26,29). The molecule has 2 saturated heterocycles. The summed E-state index contributed by atoms with van der Waals surface area (Å²) in [5, 5.41) is 3.10. The third-order valence-electron chi connectivity index (χ3n) is 6.08. The minimum atomic E-state index is -0.206. The highest BCUT2D eigenvalue weighted by Crippen LogP contribution is 2.27. The highest BCUT2D eigenvalue weighted by Gasteiger charge is 2.29. The molecule has 30 heavy (non-hydrogen) atoms. The van der Waals surface area contributed by atoms with Gasteiger partial charge < -0.3 is 15.1 Å². The smallest absolute Gasteiger partial charge is 0.253 e. The number of pyridine rings is 1. The molecule has 6 nitrogen and oxygen atoms in total. The predicted molar refractivity (Wildman–Crippen MR) is 119 cm³/mol. The van der Waals surface area contributed by atoms with Crippen molar-refractivity contribution in [1.82, 2.24) is 9.88 Å². The van der Waals surface area contributed by atoms with Gasteiger partial charge in [-0.05, 0) is 63.3 Å². The molecule has 2 aliphatic rings. The Kier molecular flexibility index (Phi) is 6.31. The number of carbonyl (C=O) groups excluding carboxylic acids is 2. The van der Waals surface area contributed by atoms with Crippen LogP contribution in [0, 0.1) is 12.8 Å². The van der Waals surface area contributed by atoms with Gasteiger partial charge in [0.05, 0.1) is 11.6 Å². The van der Waals surface area contributed by atoms with Gasteiger partial charge in [0, 0.05) is 37.9 Å². The third kappa shape index (κ3) is 4.64. The van der Waals surface area contributed by atoms with Crippen LogP contribution in [0.1, 0.15) is 48.0 Å². The summed E-state index contributed by atoms with van der Waals surface area (Å²) in [5.41, 5.74) is 2.58. The summed E-state index contributed by atoms with van der Waals surface area (Å²) in [7, 11) is 0. The van der Waals surface area contributed by atoms with Crippen molar-refractivity contribution < 1.29 is 9.59 Å². The van der Waals surface area contributed by atoms with Crippen LogP contribution in [0.25, 0.3) is 0 Å². The van der Waals surface area contributed by atoms with Crippen LogP contribution in [-0.2, 0) is 4.79 Å². The Hall–Kier alpha value is -2.89. The SMILES string of the molecule is Cc1ccc(C(=O)N2CCCC(C(=O)Nc3cccnc3N3CCCCC3)C2)cc1. The Bertz CT molecular complexity index is 890. The predicted octanol–water partition coefficient (Wildman–Crippen LogP) is 3.87. The maximum Gasteiger partial charge on any atom is 0.253 e. The van der Waals surface area contributed by atoms with Crippen LogP contribution in [0.5, 0.6) is 0 Å². The number of nitrogens with zero attached hydrogens (tertiary/aromatic N) is 3. The maximum absolute atomic E-state index is 13.1. The number of anilines is 2. The lowest BCUT2D eigenvalue weighted by Gasteiger charge is -2.33. The normalized spacial score (nSPS) is 19.4. The van der Waals surface area contributed by atoms with Gasteiger partial charge in [-0.2, -0.15) is 0 Å². The van der Waals surface area contributed by atoms with E-state index >= 15 is 0 Å². The van der Waals surface area contributed by atoms with E-state index in [1.165, 1.54) is 6.42 Å². The van der Waals surface area contributed by atoms with Gasteiger partial charge in [-0.3, -0.25) is 9.59 Å². The molecule has 2 aromatic rings. The molecule has 2 fully saturated rings. The van der Waals surface area contributed by atoms with Crippen LogP contribution < -0.4 is 10.2 Å². The summed E-state index contributed by atoms with van der Waals surface area (Å²) < 4.78 is 0. The van der Waals surface area contributed by atoms with Crippen molar-refractivity contribution in [2.45, 2.75) is 39.0 Å². The monoisotopic (exact) mass is 406 g/mol. The van der Waals surface area contributed by atoms with E-state index in [4.69, 9.17) is 0 Å². The highest BCUT2D eigenvalue weighted by molar-refractivity contribution is 5.97. The number of piperidine rings is 2. The minimum Gasteiger partial charge on any atom is -0.355 e. The number of hydrogen-bond donors (Lipinski definition) is 1. The van der Waals surface area contributed by atoms with Gasteiger partial charge in [0.15, 0.2) is 5.82 Å². The van der Waals surface area contributed by atoms with Gasteiger partial charge >= 0.3 is 0 Å². The third-order valence-corrected chi connectivity index (χ3v) is 6.08. The zero-order valence-electron chi connectivity index (χ0n) is 17.6. The Labute approximate surface area is 178 Å². The molecular weight excluding hydrogens is 376 g/mol. The van der Waals surface area contributed by atoms with E-state index in [0.717, 1.165) is 55.8 Å². The largest absolute Gasteiger partial charge is 0.355 e. The first-order chi connectivity index (χ1) is 14.6. The highest BCUT2D eigenvalue weighted by atomic mass is 16.2. The van der Waals surface area contributed by atoms with E-state index < -0.39 is 0 Å². The summed E-state index contributed by atoms with van der Waals surface area (Å²) in [6, 6.07) is 11.4. The van der Waals surface area contributed by atoms with E-state index in [-0.39, 0.29) is 17.7 Å². The molecule has 1 atom stereocenters. The second kappa shape index (κ2) is 9.28. The molecule has 158 valence electrons. The Balaban J connectivity index is 1.43. The average Bonchev–Trinajstić information content (AvgIpc) is 2.80. The van der Waals surface area contributed by atoms with E-state index in [9.17, 15) is 9.59 Å². The number of benzene rings is 1. The fraction of sp³-hybridized carbons (Fsp3) is 0.458. The van der Waals surface area contributed by atoms with Crippen LogP contribution in [0.4, 0.5) is 11.5 Å². The quantitative estimate of drug-likeness (QED) is 0.837. The lowest BCUT2D eigenvalue weighted by Crippen LogP contribution is -2.44. The molecule has 0 aliphatic carbocycles. The molecule has 2 aliphatic heterocycles. The van der Waals surface area contributed by atoms with Crippen molar-refractivity contribution >= 4 is 23.3 Å². The second-order valence-electron chi connectivity index (χ2n) is 8.37. The van der Waals surface area contributed by atoms with Crippen molar-refractivity contribution in [2.24, 2.45) is 5.92 Å². The van der Waals surface area contributed by atoms with E-state index in [2.05, 4.69) is 15.2 Å². The van der Waals surface area contributed by atoms with Crippen molar-refractivity contribution in [3.63, 3.8) is 0 Å². The van der Waals surface area contributed by atoms with Gasteiger partial charge in [0.25, 0.3) is 5.91 Å². The van der Waals surface area contributed by atoms with Crippen molar-refractivity contribution in [2.75, 3.05) is 36.4 Å². The fourth-order valence-corrected chi connectivity index (χ4v) is 4.34. The summed E-state index contributed by atoms with van der Waals surface area (Å²) in [6.07, 6.45) is 6.97. The number of aromatic nitrogens is 1. The first-order valence-corrected chi connectivity index (χ1v) is 11.0. The average molecular weight is 407 g/mol. The van der Waals surface area contributed by atoms with Crippen LogP contribution in [0.2, 0.25) is 0 Å². The van der Waals surface area contributed by atoms with E-state index in [1.54, 1.807) is 6.20 Å². The molecule has 2 amide bonds. The molecule has 1 aromatic carbocycles. The fourth-order valence-electron chi connectivity index (χ4n) is 4.34. The molecule has 1 N–H and O–H groups in total. The number of rotatable bonds is 4. The molecule has 1 aromatic heterocycles. The topological polar surface area (TPSA) is 65.5 Å². The Morgan fingerprint density at radius 3 is 2.53 bits per heavy atom. The van der Waals surface area contributed by atoms with Crippen molar-refractivity contribution in [3.8, 4) is 0 Å². The summed E-state index contributed by atoms with van der Waals surface area (Å²) in [6.45, 7) is 5.11. The van der Waals surface area contributed by atoms with Crippen LogP contribution >= 0.6 is 0 Å². The van der Waals surface area contributed by atoms with Gasteiger partial charge in [-0.1, -0.05) is 17.7 Å². The maximum atomic E-state index is 13.1. The Morgan fingerprint density at radius 2 is 1.77 bits per heavy atom. The van der Waals surface area contributed by atoms with E-state index in [1.807, 2.05) is 48.2 Å². The van der Waals surface area contributed by atoms with Gasteiger partial charge in [0.1, 0.15) is 0 Å². The summed E-state index contributed by atoms with van der Waals surface area (Å²) in [4.78, 5) is 34.5. The molecule has 0 radical (unpaired) electrons. The van der Waals surface area contributed by atoms with Gasteiger partial charge in [-0.15, -0.1) is 0 Å². The van der Waals surface area contributed by atoms with Gasteiger partial charge in [0.2, 0.25) is 5.91 Å². The molecular formula is C24H30N4O2. The first-order valence-electron chi connectivity index (χ1n) is 11.0. The number of likely N-dealkylation sites (tertiary alicyclic amines) is 1. The molecule has 6 heteroatoms. The molecule has 0 spiro atoms. The number of nitrogens with one attached hydrogen (secondary N) is 1. The molecule has 0 saturated carbocycles. The molecule has 3 heterocycles. The lowest BCUT2D eigenvalue weighted by molar-refractivity contribution is -0.121. The zero-order chi connectivity index (χ0) is 20.9. The van der Waals surface area contributed by atoms with Crippen molar-refractivity contribution in [3.05, 3.63) is 53.7 Å². The van der Waals surface area contributed by atoms with E-state index in [0.29, 0.717) is 18.7 Å². The lowest BCUT2D eigenvalue weighted by atomic mass is 9.96. The first kappa shape index (κ1) is 20.4. The van der Waals surface area contributed by atoms with Gasteiger partial charge in [-0.25, -0.2) is 4.98 Å². The molecule has 0 bridgehead atoms.